The topological polar surface area (TPSA) is 29.1 Å². The van der Waals surface area contributed by atoms with E-state index in [2.05, 4.69) is 26.1 Å². The fourth-order valence-electron chi connectivity index (χ4n) is 3.55. The molecule has 2 rings (SSSR count). The highest BCUT2D eigenvalue weighted by Gasteiger charge is 2.49. The molecule has 1 heterocycles. The summed E-state index contributed by atoms with van der Waals surface area (Å²) in [5.41, 5.74) is 0.166. The minimum absolute atomic E-state index is 0.0426. The van der Waals surface area contributed by atoms with Crippen molar-refractivity contribution in [3.05, 3.63) is 0 Å². The van der Waals surface area contributed by atoms with Crippen LogP contribution in [0.3, 0.4) is 0 Å². The average molecular weight is 223 g/mol. The Morgan fingerprint density at radius 2 is 1.94 bits per heavy atom. The Morgan fingerprint density at radius 1 is 1.31 bits per heavy atom. The van der Waals surface area contributed by atoms with E-state index in [0.29, 0.717) is 12.2 Å². The molecule has 16 heavy (non-hydrogen) atoms. The zero-order valence-corrected chi connectivity index (χ0v) is 10.9. The standard InChI is InChI=1S/C14H25NO/c1-4-13(3)10-12(16)11(2)14(15-13)8-6-5-7-9-14/h11,15H,4-10H2,1-3H3. The summed E-state index contributed by atoms with van der Waals surface area (Å²) in [6.07, 6.45) is 8.05. The summed E-state index contributed by atoms with van der Waals surface area (Å²) in [5.74, 6) is 0.692. The second-order valence-corrected chi connectivity index (χ2v) is 6.12. The first kappa shape index (κ1) is 12.1. The van der Waals surface area contributed by atoms with Gasteiger partial charge in [-0.3, -0.25) is 4.79 Å². The molecule has 2 nitrogen and oxygen atoms in total. The van der Waals surface area contributed by atoms with Gasteiger partial charge in [0.05, 0.1) is 0 Å². The van der Waals surface area contributed by atoms with Crippen LogP contribution >= 0.6 is 0 Å². The summed E-state index contributed by atoms with van der Waals surface area (Å²) in [6, 6.07) is 0. The Balaban J connectivity index is 2.24. The molecule has 1 aliphatic carbocycles. The molecular weight excluding hydrogens is 198 g/mol. The summed E-state index contributed by atoms with van der Waals surface area (Å²) in [7, 11) is 0. The van der Waals surface area contributed by atoms with Crippen LogP contribution in [0.4, 0.5) is 0 Å². The van der Waals surface area contributed by atoms with Crippen LogP contribution in [0.2, 0.25) is 0 Å². The highest BCUT2D eigenvalue weighted by molar-refractivity contribution is 5.84. The van der Waals surface area contributed by atoms with Crippen LogP contribution in [0.1, 0.15) is 65.7 Å². The van der Waals surface area contributed by atoms with Gasteiger partial charge in [0.25, 0.3) is 0 Å². The molecule has 1 saturated carbocycles. The van der Waals surface area contributed by atoms with E-state index in [1.807, 2.05) is 0 Å². The average Bonchev–Trinajstić information content (AvgIpc) is 2.27. The van der Waals surface area contributed by atoms with Gasteiger partial charge in [0.1, 0.15) is 5.78 Å². The van der Waals surface area contributed by atoms with E-state index < -0.39 is 0 Å². The first-order chi connectivity index (χ1) is 7.51. The van der Waals surface area contributed by atoms with Gasteiger partial charge in [0.2, 0.25) is 0 Å². The van der Waals surface area contributed by atoms with Gasteiger partial charge in [-0.15, -0.1) is 0 Å². The molecule has 2 atom stereocenters. The van der Waals surface area contributed by atoms with E-state index in [1.54, 1.807) is 0 Å². The Kier molecular flexibility index (Phi) is 3.13. The van der Waals surface area contributed by atoms with Gasteiger partial charge in [0.15, 0.2) is 0 Å². The molecule has 1 spiro atoms. The number of hydrogen-bond donors (Lipinski definition) is 1. The summed E-state index contributed by atoms with van der Waals surface area (Å²) in [5, 5.41) is 3.85. The lowest BCUT2D eigenvalue weighted by molar-refractivity contribution is -0.132. The molecule has 0 bridgehead atoms. The number of carbonyl (C=O) groups is 1. The highest BCUT2D eigenvalue weighted by atomic mass is 16.1. The van der Waals surface area contributed by atoms with Crippen LogP contribution in [-0.2, 0) is 4.79 Å². The van der Waals surface area contributed by atoms with Crippen molar-refractivity contribution in [3.63, 3.8) is 0 Å². The number of hydrogen-bond acceptors (Lipinski definition) is 2. The highest BCUT2D eigenvalue weighted by Crippen LogP contribution is 2.41. The van der Waals surface area contributed by atoms with Crippen LogP contribution in [0.5, 0.6) is 0 Å². The Labute approximate surface area is 99.2 Å². The Morgan fingerprint density at radius 3 is 2.50 bits per heavy atom. The molecule has 2 heteroatoms. The van der Waals surface area contributed by atoms with Gasteiger partial charge in [-0.2, -0.15) is 0 Å². The quantitative estimate of drug-likeness (QED) is 0.740. The first-order valence-corrected chi connectivity index (χ1v) is 6.83. The monoisotopic (exact) mass is 223 g/mol. The molecular formula is C14H25NO. The smallest absolute Gasteiger partial charge is 0.139 e. The molecule has 0 radical (unpaired) electrons. The van der Waals surface area contributed by atoms with Crippen LogP contribution in [-0.4, -0.2) is 16.9 Å². The van der Waals surface area contributed by atoms with Crippen LogP contribution in [0.15, 0.2) is 0 Å². The summed E-state index contributed by atoms with van der Waals surface area (Å²) in [4.78, 5) is 12.2. The van der Waals surface area contributed by atoms with Gasteiger partial charge < -0.3 is 5.32 Å². The predicted molar refractivity (Wildman–Crippen MR) is 66.4 cm³/mol. The fourth-order valence-corrected chi connectivity index (χ4v) is 3.55. The zero-order valence-electron chi connectivity index (χ0n) is 10.9. The van der Waals surface area contributed by atoms with Gasteiger partial charge >= 0.3 is 0 Å². The minimum atomic E-state index is 0.0426. The van der Waals surface area contributed by atoms with E-state index >= 15 is 0 Å². The van der Waals surface area contributed by atoms with Crippen molar-refractivity contribution >= 4 is 5.78 Å². The fraction of sp³-hybridized carbons (Fsp3) is 0.929. The van der Waals surface area contributed by atoms with Crippen molar-refractivity contribution in [2.75, 3.05) is 0 Å². The van der Waals surface area contributed by atoms with Crippen molar-refractivity contribution in [2.24, 2.45) is 5.92 Å². The third kappa shape index (κ3) is 1.92. The zero-order chi connectivity index (χ0) is 11.8. The van der Waals surface area contributed by atoms with Gasteiger partial charge in [-0.25, -0.2) is 0 Å². The normalized spacial score (nSPS) is 38.9. The van der Waals surface area contributed by atoms with Crippen LogP contribution in [0.25, 0.3) is 0 Å². The first-order valence-electron chi connectivity index (χ1n) is 6.83. The molecule has 1 saturated heterocycles. The van der Waals surface area contributed by atoms with Gasteiger partial charge in [-0.1, -0.05) is 33.1 Å². The number of ketones is 1. The van der Waals surface area contributed by atoms with Crippen molar-refractivity contribution in [3.8, 4) is 0 Å². The van der Waals surface area contributed by atoms with E-state index in [1.165, 1.54) is 32.1 Å². The molecule has 0 amide bonds. The molecule has 1 N–H and O–H groups in total. The van der Waals surface area contributed by atoms with Crippen molar-refractivity contribution in [2.45, 2.75) is 76.8 Å². The molecule has 2 aliphatic rings. The summed E-state index contributed by atoms with van der Waals surface area (Å²) in [6.45, 7) is 6.54. The van der Waals surface area contributed by atoms with E-state index in [4.69, 9.17) is 0 Å². The Hall–Kier alpha value is -0.370. The lowest BCUT2D eigenvalue weighted by atomic mass is 9.65. The number of rotatable bonds is 1. The van der Waals surface area contributed by atoms with Crippen LogP contribution < -0.4 is 5.32 Å². The number of carbonyl (C=O) groups excluding carboxylic acids is 1. The van der Waals surface area contributed by atoms with E-state index in [-0.39, 0.29) is 17.0 Å². The second kappa shape index (κ2) is 4.14. The molecule has 1 aliphatic heterocycles. The van der Waals surface area contributed by atoms with Crippen LogP contribution in [0, 0.1) is 5.92 Å². The largest absolute Gasteiger partial charge is 0.305 e. The third-order valence-electron chi connectivity index (χ3n) is 4.95. The molecule has 0 aromatic heterocycles. The number of nitrogens with one attached hydrogen (secondary N) is 1. The van der Waals surface area contributed by atoms with Gasteiger partial charge in [0, 0.05) is 23.4 Å². The van der Waals surface area contributed by atoms with E-state index in [0.717, 1.165) is 6.42 Å². The predicted octanol–water partition coefficient (Wildman–Crippen LogP) is 3.06. The Bertz CT molecular complexity index is 280. The van der Waals surface area contributed by atoms with Crippen molar-refractivity contribution < 1.29 is 4.79 Å². The molecule has 0 aromatic rings. The maximum absolute atomic E-state index is 12.2. The van der Waals surface area contributed by atoms with E-state index in [9.17, 15) is 4.79 Å². The lowest BCUT2D eigenvalue weighted by Gasteiger charge is -2.52. The second-order valence-electron chi connectivity index (χ2n) is 6.12. The SMILES string of the molecule is CCC1(C)CC(=O)C(C)C2(CCCCC2)N1. The lowest BCUT2D eigenvalue weighted by Crippen LogP contribution is -2.66. The molecule has 92 valence electrons. The van der Waals surface area contributed by atoms with Gasteiger partial charge in [-0.05, 0) is 26.2 Å². The van der Waals surface area contributed by atoms with Crippen molar-refractivity contribution in [1.82, 2.24) is 5.32 Å². The van der Waals surface area contributed by atoms with Crippen molar-refractivity contribution in [1.29, 1.82) is 0 Å². The maximum atomic E-state index is 12.2. The summed E-state index contributed by atoms with van der Waals surface area (Å²) < 4.78 is 0. The molecule has 2 unspecified atom stereocenters. The number of piperidine rings is 1. The third-order valence-corrected chi connectivity index (χ3v) is 4.95. The number of Topliss-reactive ketones (excluding diaryl/α,β-unsaturated/α-hetero) is 1. The maximum Gasteiger partial charge on any atom is 0.139 e. The summed E-state index contributed by atoms with van der Waals surface area (Å²) >= 11 is 0. The molecule has 2 fully saturated rings. The minimum Gasteiger partial charge on any atom is -0.305 e. The molecule has 0 aromatic carbocycles.